The summed E-state index contributed by atoms with van der Waals surface area (Å²) in [6, 6.07) is 13.0. The van der Waals surface area contributed by atoms with Crippen molar-refractivity contribution in [2.24, 2.45) is 11.8 Å². The van der Waals surface area contributed by atoms with Crippen LogP contribution in [-0.2, 0) is 4.79 Å². The number of fused-ring (bicyclic) bond motifs is 1. The van der Waals surface area contributed by atoms with Crippen LogP contribution in [0.2, 0.25) is 5.02 Å². The number of carbonyl (C=O) groups is 1. The van der Waals surface area contributed by atoms with Crippen LogP contribution < -0.4 is 10.1 Å². The zero-order valence-electron chi connectivity index (χ0n) is 16.3. The summed E-state index contributed by atoms with van der Waals surface area (Å²) in [5.41, 5.74) is 1.48. The van der Waals surface area contributed by atoms with Crippen molar-refractivity contribution in [2.45, 2.75) is 38.7 Å². The van der Waals surface area contributed by atoms with Gasteiger partial charge in [0.25, 0.3) is 0 Å². The molecule has 5 nitrogen and oxygen atoms in total. The number of nitrogens with zero attached hydrogens (tertiary/aromatic N) is 2. The molecular formula is C23H24ClN3O2. The van der Waals surface area contributed by atoms with Crippen molar-refractivity contribution < 1.29 is 9.53 Å². The number of ether oxygens (including phenoxy) is 1. The molecule has 0 aliphatic heterocycles. The minimum absolute atomic E-state index is 0.0439. The molecule has 1 aliphatic carbocycles. The van der Waals surface area contributed by atoms with Crippen LogP contribution in [0.25, 0.3) is 11.0 Å². The van der Waals surface area contributed by atoms with E-state index in [1.807, 2.05) is 37.3 Å². The number of nitrogens with one attached hydrogen (secondary N) is 1. The predicted octanol–water partition coefficient (Wildman–Crippen LogP) is 5.50. The highest BCUT2D eigenvalue weighted by molar-refractivity contribution is 6.30. The second-order valence-electron chi connectivity index (χ2n) is 7.62. The fraction of sp³-hybridized carbons (Fsp3) is 0.348. The fourth-order valence-electron chi connectivity index (χ4n) is 3.95. The van der Waals surface area contributed by atoms with Crippen LogP contribution in [-0.4, -0.2) is 22.0 Å². The van der Waals surface area contributed by atoms with Gasteiger partial charge in [0, 0.05) is 29.0 Å². The van der Waals surface area contributed by atoms with Crippen molar-refractivity contribution in [3.8, 4) is 5.75 Å². The molecule has 3 aromatic rings. The average Bonchev–Trinajstić information content (AvgIpc) is 2.75. The summed E-state index contributed by atoms with van der Waals surface area (Å²) >= 11 is 5.90. The number of benzene rings is 1. The molecule has 1 unspecified atom stereocenters. The molecule has 0 radical (unpaired) electrons. The van der Waals surface area contributed by atoms with E-state index in [-0.39, 0.29) is 17.9 Å². The molecule has 4 rings (SSSR count). The second-order valence-corrected chi connectivity index (χ2v) is 8.06. The minimum atomic E-state index is -0.0439. The zero-order chi connectivity index (χ0) is 20.2. The van der Waals surface area contributed by atoms with Gasteiger partial charge in [-0.05, 0) is 74.1 Å². The van der Waals surface area contributed by atoms with E-state index in [0.717, 1.165) is 42.5 Å². The van der Waals surface area contributed by atoms with Crippen molar-refractivity contribution >= 4 is 34.2 Å². The Morgan fingerprint density at radius 1 is 1.07 bits per heavy atom. The van der Waals surface area contributed by atoms with E-state index in [2.05, 4.69) is 15.3 Å². The van der Waals surface area contributed by atoms with Crippen molar-refractivity contribution in [1.82, 2.24) is 9.97 Å². The summed E-state index contributed by atoms with van der Waals surface area (Å²) in [6.45, 7) is 2.01. The molecule has 1 aliphatic rings. The Hall–Kier alpha value is -2.66. The third-order valence-corrected chi connectivity index (χ3v) is 5.97. The molecule has 150 valence electrons. The van der Waals surface area contributed by atoms with E-state index in [1.165, 1.54) is 0 Å². The first-order valence-corrected chi connectivity index (χ1v) is 10.4. The molecule has 29 heavy (non-hydrogen) atoms. The van der Waals surface area contributed by atoms with Gasteiger partial charge in [-0.1, -0.05) is 18.5 Å². The van der Waals surface area contributed by atoms with Gasteiger partial charge in [0.05, 0.1) is 11.5 Å². The Morgan fingerprint density at radius 2 is 1.79 bits per heavy atom. The van der Waals surface area contributed by atoms with Crippen molar-refractivity contribution in [3.63, 3.8) is 0 Å². The molecule has 1 atom stereocenters. The smallest absolute Gasteiger partial charge is 0.227 e. The molecule has 1 aromatic carbocycles. The molecule has 2 heterocycles. The monoisotopic (exact) mass is 409 g/mol. The lowest BCUT2D eigenvalue weighted by molar-refractivity contribution is -0.121. The topological polar surface area (TPSA) is 64.1 Å². The van der Waals surface area contributed by atoms with Gasteiger partial charge < -0.3 is 10.1 Å². The molecular weight excluding hydrogens is 386 g/mol. The van der Waals surface area contributed by atoms with E-state index in [0.29, 0.717) is 16.6 Å². The number of hydrogen-bond acceptors (Lipinski definition) is 4. The van der Waals surface area contributed by atoms with Gasteiger partial charge in [-0.25, -0.2) is 9.97 Å². The normalized spacial score (nSPS) is 20.2. The van der Waals surface area contributed by atoms with E-state index < -0.39 is 0 Å². The summed E-state index contributed by atoms with van der Waals surface area (Å²) < 4.78 is 6.27. The van der Waals surface area contributed by atoms with Gasteiger partial charge in [0.15, 0.2) is 5.65 Å². The highest BCUT2D eigenvalue weighted by atomic mass is 35.5. The number of hydrogen-bond donors (Lipinski definition) is 1. The van der Waals surface area contributed by atoms with E-state index in [1.54, 1.807) is 24.5 Å². The largest absolute Gasteiger partial charge is 0.490 e. The van der Waals surface area contributed by atoms with Crippen LogP contribution in [0, 0.1) is 11.8 Å². The average molecular weight is 410 g/mol. The van der Waals surface area contributed by atoms with Gasteiger partial charge in [0.2, 0.25) is 5.91 Å². The Balaban J connectivity index is 1.32. The summed E-state index contributed by atoms with van der Waals surface area (Å²) in [7, 11) is 0. The lowest BCUT2D eigenvalue weighted by Crippen LogP contribution is -2.32. The lowest BCUT2D eigenvalue weighted by atomic mass is 9.79. The molecule has 1 fully saturated rings. The summed E-state index contributed by atoms with van der Waals surface area (Å²) in [5.74, 6) is 1.21. The van der Waals surface area contributed by atoms with Gasteiger partial charge in [0.1, 0.15) is 5.75 Å². The number of pyridine rings is 2. The second kappa shape index (κ2) is 8.78. The highest BCUT2D eigenvalue weighted by Gasteiger charge is 2.30. The summed E-state index contributed by atoms with van der Waals surface area (Å²) in [6.07, 6.45) is 7.45. The molecule has 1 saturated carbocycles. The van der Waals surface area contributed by atoms with Gasteiger partial charge >= 0.3 is 0 Å². The number of halogens is 1. The van der Waals surface area contributed by atoms with Crippen LogP contribution in [0.15, 0.2) is 54.9 Å². The van der Waals surface area contributed by atoms with Crippen LogP contribution in [0.5, 0.6) is 5.75 Å². The zero-order valence-corrected chi connectivity index (χ0v) is 17.1. The maximum absolute atomic E-state index is 12.6. The molecule has 0 bridgehead atoms. The van der Waals surface area contributed by atoms with E-state index >= 15 is 0 Å². The predicted molar refractivity (Wildman–Crippen MR) is 115 cm³/mol. The number of anilines is 1. The number of rotatable bonds is 5. The Morgan fingerprint density at radius 3 is 2.55 bits per heavy atom. The Labute approximate surface area is 175 Å². The number of amides is 1. The molecule has 0 spiro atoms. The van der Waals surface area contributed by atoms with Crippen LogP contribution in [0.4, 0.5) is 5.69 Å². The van der Waals surface area contributed by atoms with E-state index in [9.17, 15) is 4.79 Å². The first-order chi connectivity index (χ1) is 14.1. The highest BCUT2D eigenvalue weighted by Crippen LogP contribution is 2.34. The number of aromatic nitrogens is 2. The standard InChI is InChI=1S/C23H24ClN3O2/c1-15(23(28)27-18-8-6-17(24)7-9-18)16-4-10-19(11-5-16)29-21-12-14-26-22-20(21)3-2-13-25-22/h2-3,6-9,12-16,19H,4-5,10-11H2,1H3,(H,27,28). The molecule has 6 heteroatoms. The van der Waals surface area contributed by atoms with Gasteiger partial charge in [-0.15, -0.1) is 0 Å². The molecule has 1 amide bonds. The SMILES string of the molecule is CC(C(=O)Nc1ccc(Cl)cc1)C1CCC(Oc2ccnc3ncccc23)CC1. The Kier molecular flexibility index (Phi) is 5.95. The Bertz CT molecular complexity index is 980. The fourth-order valence-corrected chi connectivity index (χ4v) is 4.08. The molecule has 2 aromatic heterocycles. The molecule has 0 saturated heterocycles. The molecule has 1 N–H and O–H groups in total. The van der Waals surface area contributed by atoms with Gasteiger partial charge in [-0.3, -0.25) is 4.79 Å². The van der Waals surface area contributed by atoms with Crippen molar-refractivity contribution in [3.05, 3.63) is 59.9 Å². The van der Waals surface area contributed by atoms with Crippen molar-refractivity contribution in [1.29, 1.82) is 0 Å². The lowest BCUT2D eigenvalue weighted by Gasteiger charge is -2.32. The number of carbonyl (C=O) groups excluding carboxylic acids is 1. The van der Waals surface area contributed by atoms with Crippen LogP contribution in [0.1, 0.15) is 32.6 Å². The summed E-state index contributed by atoms with van der Waals surface area (Å²) in [5, 5.41) is 4.59. The van der Waals surface area contributed by atoms with E-state index in [4.69, 9.17) is 16.3 Å². The summed E-state index contributed by atoms with van der Waals surface area (Å²) in [4.78, 5) is 21.2. The maximum Gasteiger partial charge on any atom is 0.227 e. The third-order valence-electron chi connectivity index (χ3n) is 5.72. The van der Waals surface area contributed by atoms with Crippen LogP contribution in [0.3, 0.4) is 0 Å². The maximum atomic E-state index is 12.6. The quantitative estimate of drug-likeness (QED) is 0.604. The first-order valence-electron chi connectivity index (χ1n) is 10.0. The van der Waals surface area contributed by atoms with Crippen LogP contribution >= 0.6 is 11.6 Å². The third kappa shape index (κ3) is 4.67. The van der Waals surface area contributed by atoms with Gasteiger partial charge in [-0.2, -0.15) is 0 Å². The first kappa shape index (κ1) is 19.6. The minimum Gasteiger partial charge on any atom is -0.490 e. The van der Waals surface area contributed by atoms with Crippen molar-refractivity contribution in [2.75, 3.05) is 5.32 Å².